The number of ketones is 1. The van der Waals surface area contributed by atoms with Gasteiger partial charge in [-0.25, -0.2) is 4.39 Å². The van der Waals surface area contributed by atoms with Gasteiger partial charge >= 0.3 is 0 Å². The highest BCUT2D eigenvalue weighted by molar-refractivity contribution is 5.87. The van der Waals surface area contributed by atoms with E-state index in [2.05, 4.69) is 19.9 Å². The van der Waals surface area contributed by atoms with Gasteiger partial charge in [-0.3, -0.25) is 4.79 Å². The summed E-state index contributed by atoms with van der Waals surface area (Å²) in [6.07, 6.45) is 9.39. The summed E-state index contributed by atoms with van der Waals surface area (Å²) in [4.78, 5) is 12.3. The number of allylic oxidation sites excluding steroid dienone is 2. The van der Waals surface area contributed by atoms with Crippen molar-refractivity contribution < 1.29 is 9.18 Å². The molecule has 21 heavy (non-hydrogen) atoms. The number of halogens is 1. The molecule has 4 rings (SSSR count). The van der Waals surface area contributed by atoms with Crippen LogP contribution in [0.15, 0.2) is 11.6 Å². The molecule has 0 aromatic carbocycles. The lowest BCUT2D eigenvalue weighted by atomic mass is 9.48. The summed E-state index contributed by atoms with van der Waals surface area (Å²) in [6.45, 7) is 4.62. The van der Waals surface area contributed by atoms with Crippen molar-refractivity contribution in [2.45, 2.75) is 71.4 Å². The third kappa shape index (κ3) is 1.77. The number of Topliss-reactive ketones (excluding diaryl/α,β-unsaturated/α-hetero) is 1. The number of fused-ring (bicyclic) bond motifs is 5. The Balaban J connectivity index is 1.69. The van der Waals surface area contributed by atoms with Gasteiger partial charge in [0.15, 0.2) is 0 Å². The minimum Gasteiger partial charge on any atom is -0.299 e. The summed E-state index contributed by atoms with van der Waals surface area (Å²) in [5.41, 5.74) is 1.58. The fraction of sp³-hybridized carbons (Fsp3) is 0.842. The molecule has 0 aromatic rings. The highest BCUT2D eigenvalue weighted by Gasteiger charge is 2.58. The molecule has 116 valence electrons. The summed E-state index contributed by atoms with van der Waals surface area (Å²) in [5, 5.41) is 0. The Labute approximate surface area is 127 Å². The SMILES string of the molecule is C[C@]12CCC(F)CC1=CC[C@@H]1[C@H]2CC[C@]2(C)C(=O)CC[C@@H]12. The molecule has 0 aliphatic heterocycles. The predicted octanol–water partition coefficient (Wildman–Crippen LogP) is 4.86. The maximum Gasteiger partial charge on any atom is 0.139 e. The van der Waals surface area contributed by atoms with Gasteiger partial charge in [-0.1, -0.05) is 25.5 Å². The molecule has 3 fully saturated rings. The summed E-state index contributed by atoms with van der Waals surface area (Å²) in [5.74, 6) is 2.45. The number of carbonyl (C=O) groups is 1. The van der Waals surface area contributed by atoms with E-state index in [1.54, 1.807) is 0 Å². The van der Waals surface area contributed by atoms with Gasteiger partial charge in [0.2, 0.25) is 0 Å². The van der Waals surface area contributed by atoms with E-state index in [0.29, 0.717) is 30.0 Å². The van der Waals surface area contributed by atoms with Crippen LogP contribution in [0.25, 0.3) is 0 Å². The quantitative estimate of drug-likeness (QED) is 0.582. The highest BCUT2D eigenvalue weighted by atomic mass is 19.1. The number of carbonyl (C=O) groups excluding carboxylic acids is 1. The second-order valence-corrected chi connectivity index (χ2v) is 8.52. The Kier molecular flexibility index (Phi) is 2.94. The average molecular weight is 290 g/mol. The van der Waals surface area contributed by atoms with Gasteiger partial charge in [-0.2, -0.15) is 0 Å². The van der Waals surface area contributed by atoms with Crippen LogP contribution in [-0.4, -0.2) is 12.0 Å². The molecule has 6 atom stereocenters. The summed E-state index contributed by atoms with van der Waals surface area (Å²) in [6, 6.07) is 0. The molecule has 0 heterocycles. The third-order valence-corrected chi connectivity index (χ3v) is 7.75. The predicted molar refractivity (Wildman–Crippen MR) is 81.6 cm³/mol. The molecular formula is C19H27FO. The Bertz CT molecular complexity index is 510. The van der Waals surface area contributed by atoms with E-state index in [4.69, 9.17) is 0 Å². The van der Waals surface area contributed by atoms with Gasteiger partial charge in [-0.15, -0.1) is 0 Å². The molecule has 1 unspecified atom stereocenters. The fourth-order valence-electron chi connectivity index (χ4n) is 6.39. The van der Waals surface area contributed by atoms with Crippen LogP contribution in [0.2, 0.25) is 0 Å². The molecule has 4 aliphatic carbocycles. The van der Waals surface area contributed by atoms with Gasteiger partial charge in [0, 0.05) is 18.3 Å². The molecule has 0 bridgehead atoms. The van der Waals surface area contributed by atoms with Crippen LogP contribution in [0, 0.1) is 28.6 Å². The van der Waals surface area contributed by atoms with Crippen molar-refractivity contribution in [3.05, 3.63) is 11.6 Å². The Morgan fingerprint density at radius 1 is 1.10 bits per heavy atom. The first-order valence-electron chi connectivity index (χ1n) is 8.82. The van der Waals surface area contributed by atoms with Crippen molar-refractivity contribution in [2.24, 2.45) is 28.6 Å². The van der Waals surface area contributed by atoms with Gasteiger partial charge < -0.3 is 0 Å². The Hall–Kier alpha value is -0.660. The van der Waals surface area contributed by atoms with Crippen LogP contribution in [0.1, 0.15) is 65.2 Å². The van der Waals surface area contributed by atoms with Crippen LogP contribution in [-0.2, 0) is 4.79 Å². The molecule has 2 heteroatoms. The van der Waals surface area contributed by atoms with Gasteiger partial charge in [0.05, 0.1) is 0 Å². The zero-order chi connectivity index (χ0) is 14.8. The van der Waals surface area contributed by atoms with E-state index >= 15 is 0 Å². The highest BCUT2D eigenvalue weighted by Crippen LogP contribution is 2.64. The first kappa shape index (κ1) is 14.0. The Morgan fingerprint density at radius 2 is 1.81 bits per heavy atom. The molecule has 0 spiro atoms. The van der Waals surface area contributed by atoms with Crippen molar-refractivity contribution in [2.75, 3.05) is 0 Å². The Morgan fingerprint density at radius 3 is 2.62 bits per heavy atom. The average Bonchev–Trinajstić information content (AvgIpc) is 2.76. The summed E-state index contributed by atoms with van der Waals surface area (Å²) >= 11 is 0. The monoisotopic (exact) mass is 290 g/mol. The van der Waals surface area contributed by atoms with Crippen molar-refractivity contribution in [3.8, 4) is 0 Å². The maximum absolute atomic E-state index is 13.8. The van der Waals surface area contributed by atoms with E-state index in [1.165, 1.54) is 12.0 Å². The smallest absolute Gasteiger partial charge is 0.139 e. The molecule has 0 N–H and O–H groups in total. The van der Waals surface area contributed by atoms with Crippen LogP contribution in [0.5, 0.6) is 0 Å². The van der Waals surface area contributed by atoms with Crippen molar-refractivity contribution >= 4 is 5.78 Å². The zero-order valence-corrected chi connectivity index (χ0v) is 13.3. The van der Waals surface area contributed by atoms with Crippen LogP contribution < -0.4 is 0 Å². The van der Waals surface area contributed by atoms with Crippen LogP contribution >= 0.6 is 0 Å². The van der Waals surface area contributed by atoms with Crippen molar-refractivity contribution in [3.63, 3.8) is 0 Å². The molecule has 0 radical (unpaired) electrons. The van der Waals surface area contributed by atoms with E-state index in [0.717, 1.165) is 38.5 Å². The molecule has 1 nitrogen and oxygen atoms in total. The lowest BCUT2D eigenvalue weighted by molar-refractivity contribution is -0.131. The number of hydrogen-bond donors (Lipinski definition) is 0. The van der Waals surface area contributed by atoms with E-state index in [-0.39, 0.29) is 10.8 Å². The van der Waals surface area contributed by atoms with E-state index in [9.17, 15) is 9.18 Å². The largest absolute Gasteiger partial charge is 0.299 e. The van der Waals surface area contributed by atoms with Crippen LogP contribution in [0.4, 0.5) is 4.39 Å². The molecule has 4 aliphatic rings. The lowest BCUT2D eigenvalue weighted by Gasteiger charge is -2.56. The number of alkyl halides is 1. The van der Waals surface area contributed by atoms with E-state index < -0.39 is 6.17 Å². The molecule has 0 aromatic heterocycles. The van der Waals surface area contributed by atoms with Gasteiger partial charge in [-0.05, 0) is 61.7 Å². The van der Waals surface area contributed by atoms with Crippen LogP contribution in [0.3, 0.4) is 0 Å². The fourth-order valence-corrected chi connectivity index (χ4v) is 6.39. The maximum atomic E-state index is 13.8. The minimum atomic E-state index is -0.622. The topological polar surface area (TPSA) is 17.1 Å². The van der Waals surface area contributed by atoms with Gasteiger partial charge in [0.1, 0.15) is 12.0 Å². The zero-order valence-electron chi connectivity index (χ0n) is 13.3. The first-order chi connectivity index (χ1) is 9.95. The van der Waals surface area contributed by atoms with Crippen molar-refractivity contribution in [1.82, 2.24) is 0 Å². The third-order valence-electron chi connectivity index (χ3n) is 7.75. The molecule has 0 amide bonds. The lowest BCUT2D eigenvalue weighted by Crippen LogP contribution is -2.50. The molecule has 3 saturated carbocycles. The van der Waals surface area contributed by atoms with Gasteiger partial charge in [0.25, 0.3) is 0 Å². The second kappa shape index (κ2) is 4.43. The molecule has 0 saturated heterocycles. The van der Waals surface area contributed by atoms with E-state index in [1.807, 2.05) is 0 Å². The minimum absolute atomic E-state index is 0.0415. The number of hydrogen-bond acceptors (Lipinski definition) is 1. The second-order valence-electron chi connectivity index (χ2n) is 8.52. The standard InChI is InChI=1S/C19H27FO/c1-18-9-7-13(20)11-12(18)3-4-14-15-5-6-17(21)19(15,2)10-8-16(14)18/h3,13-16H,4-11H2,1-2H3/t13?,14-,15-,16+,18-,19-/m0/s1. The first-order valence-corrected chi connectivity index (χ1v) is 8.82. The normalized spacial score (nSPS) is 52.7. The summed E-state index contributed by atoms with van der Waals surface area (Å²) in [7, 11) is 0. The summed E-state index contributed by atoms with van der Waals surface area (Å²) < 4.78 is 13.8. The van der Waals surface area contributed by atoms with Crippen molar-refractivity contribution in [1.29, 1.82) is 0 Å². The number of rotatable bonds is 0. The molecular weight excluding hydrogens is 263 g/mol.